The first kappa shape index (κ1) is 15.3. The molecule has 0 unspecified atom stereocenters. The van der Waals surface area contributed by atoms with Crippen molar-refractivity contribution in [3.63, 3.8) is 0 Å². The topological polar surface area (TPSA) is 87.7 Å². The van der Waals surface area contributed by atoms with E-state index in [-0.39, 0.29) is 17.0 Å². The number of nitrogens with one attached hydrogen (secondary N) is 2. The summed E-state index contributed by atoms with van der Waals surface area (Å²) in [6.45, 7) is 1.34. The van der Waals surface area contributed by atoms with Crippen LogP contribution >= 0.6 is 0 Å². The Kier molecular flexibility index (Phi) is 4.80. The summed E-state index contributed by atoms with van der Waals surface area (Å²) in [6, 6.07) is 5.78. The fourth-order valence-electron chi connectivity index (χ4n) is 2.15. The van der Waals surface area contributed by atoms with Crippen LogP contribution < -0.4 is 10.6 Å². The van der Waals surface area contributed by atoms with Crippen LogP contribution in [0.4, 0.5) is 10.5 Å². The standard InChI is InChI=1S/C15H20N2O4/c1-21-9-8-15(6-7-15)10-16-14(20)17-12-4-2-11(3-5-12)13(18)19/h2-5H,6-10H2,1H3,(H,18,19)(H2,16,17,20). The Morgan fingerprint density at radius 3 is 2.48 bits per heavy atom. The summed E-state index contributed by atoms with van der Waals surface area (Å²) in [4.78, 5) is 22.5. The smallest absolute Gasteiger partial charge is 0.335 e. The SMILES string of the molecule is COCCC1(CNC(=O)Nc2ccc(C(=O)O)cc2)CC1. The van der Waals surface area contributed by atoms with Crippen molar-refractivity contribution >= 4 is 17.7 Å². The molecule has 2 rings (SSSR count). The molecule has 0 saturated heterocycles. The first-order valence-corrected chi connectivity index (χ1v) is 6.92. The maximum absolute atomic E-state index is 11.8. The van der Waals surface area contributed by atoms with Crippen molar-refractivity contribution in [2.45, 2.75) is 19.3 Å². The Hall–Kier alpha value is -2.08. The normalized spacial score (nSPS) is 15.3. The van der Waals surface area contributed by atoms with E-state index in [1.54, 1.807) is 19.2 Å². The Morgan fingerprint density at radius 2 is 1.95 bits per heavy atom. The highest BCUT2D eigenvalue weighted by molar-refractivity contribution is 5.91. The zero-order valence-corrected chi connectivity index (χ0v) is 12.0. The predicted molar refractivity (Wildman–Crippen MR) is 78.6 cm³/mol. The maximum atomic E-state index is 11.8. The van der Waals surface area contributed by atoms with E-state index < -0.39 is 5.97 Å². The molecular formula is C15H20N2O4. The monoisotopic (exact) mass is 292 g/mol. The predicted octanol–water partition coefficient (Wildman–Crippen LogP) is 2.32. The average Bonchev–Trinajstić information content (AvgIpc) is 3.24. The molecule has 0 atom stereocenters. The van der Waals surface area contributed by atoms with Gasteiger partial charge in [0.15, 0.2) is 0 Å². The third kappa shape index (κ3) is 4.46. The molecule has 1 aromatic carbocycles. The van der Waals surface area contributed by atoms with Crippen LogP contribution in [0.15, 0.2) is 24.3 Å². The summed E-state index contributed by atoms with van der Waals surface area (Å²) in [7, 11) is 1.68. The van der Waals surface area contributed by atoms with Gasteiger partial charge in [0.1, 0.15) is 0 Å². The average molecular weight is 292 g/mol. The van der Waals surface area contributed by atoms with E-state index in [9.17, 15) is 9.59 Å². The van der Waals surface area contributed by atoms with Gasteiger partial charge in [0.25, 0.3) is 0 Å². The number of hydrogen-bond donors (Lipinski definition) is 3. The summed E-state index contributed by atoms with van der Waals surface area (Å²) in [5.74, 6) is -0.986. The van der Waals surface area contributed by atoms with Crippen LogP contribution in [0.5, 0.6) is 0 Å². The molecule has 0 bridgehead atoms. The fourth-order valence-corrected chi connectivity index (χ4v) is 2.15. The van der Waals surface area contributed by atoms with Crippen molar-refractivity contribution < 1.29 is 19.4 Å². The van der Waals surface area contributed by atoms with Crippen molar-refractivity contribution in [1.29, 1.82) is 0 Å². The van der Waals surface area contributed by atoms with Gasteiger partial charge in [-0.05, 0) is 48.9 Å². The van der Waals surface area contributed by atoms with E-state index in [0.717, 1.165) is 19.3 Å². The van der Waals surface area contributed by atoms with E-state index in [2.05, 4.69) is 10.6 Å². The van der Waals surface area contributed by atoms with Crippen molar-refractivity contribution in [3.05, 3.63) is 29.8 Å². The van der Waals surface area contributed by atoms with Gasteiger partial charge in [0.2, 0.25) is 0 Å². The van der Waals surface area contributed by atoms with Crippen molar-refractivity contribution in [2.24, 2.45) is 5.41 Å². The first-order valence-electron chi connectivity index (χ1n) is 6.92. The van der Waals surface area contributed by atoms with Gasteiger partial charge in [-0.1, -0.05) is 0 Å². The molecule has 0 aromatic heterocycles. The second-order valence-corrected chi connectivity index (χ2v) is 5.43. The molecule has 1 saturated carbocycles. The second-order valence-electron chi connectivity index (χ2n) is 5.43. The third-order valence-electron chi connectivity index (χ3n) is 3.81. The number of benzene rings is 1. The molecule has 0 heterocycles. The zero-order valence-electron chi connectivity index (χ0n) is 12.0. The Bertz CT molecular complexity index is 509. The van der Waals surface area contributed by atoms with Gasteiger partial charge in [0, 0.05) is 25.9 Å². The van der Waals surface area contributed by atoms with Crippen LogP contribution in [-0.2, 0) is 4.74 Å². The van der Waals surface area contributed by atoms with Gasteiger partial charge in [-0.15, -0.1) is 0 Å². The van der Waals surface area contributed by atoms with Gasteiger partial charge in [-0.3, -0.25) is 0 Å². The number of carboxylic acids is 1. The van der Waals surface area contributed by atoms with Gasteiger partial charge < -0.3 is 20.5 Å². The molecule has 0 spiro atoms. The Morgan fingerprint density at radius 1 is 1.29 bits per heavy atom. The molecule has 1 fully saturated rings. The second kappa shape index (κ2) is 6.58. The minimum Gasteiger partial charge on any atom is -0.478 e. The number of carboxylic acid groups (broad SMARTS) is 1. The molecule has 2 amide bonds. The number of methoxy groups -OCH3 is 1. The molecule has 1 aromatic rings. The van der Waals surface area contributed by atoms with Crippen LogP contribution in [0, 0.1) is 5.41 Å². The molecule has 1 aliphatic carbocycles. The van der Waals surface area contributed by atoms with Crippen LogP contribution in [-0.4, -0.2) is 37.4 Å². The van der Waals surface area contributed by atoms with Crippen molar-refractivity contribution in [1.82, 2.24) is 5.32 Å². The number of amides is 2. The quantitative estimate of drug-likeness (QED) is 0.719. The lowest BCUT2D eigenvalue weighted by atomic mass is 10.0. The van der Waals surface area contributed by atoms with Crippen molar-refractivity contribution in [3.8, 4) is 0 Å². The highest BCUT2D eigenvalue weighted by atomic mass is 16.5. The Labute approximate surface area is 123 Å². The lowest BCUT2D eigenvalue weighted by molar-refractivity contribution is 0.0697. The molecular weight excluding hydrogens is 272 g/mol. The molecule has 6 heteroatoms. The minimum atomic E-state index is -0.986. The number of ether oxygens (including phenoxy) is 1. The highest BCUT2D eigenvalue weighted by Gasteiger charge is 2.42. The van der Waals surface area contributed by atoms with Crippen molar-refractivity contribution in [2.75, 3.05) is 25.6 Å². The molecule has 3 N–H and O–H groups in total. The number of hydrogen-bond acceptors (Lipinski definition) is 3. The summed E-state index contributed by atoms with van der Waals surface area (Å²) in [5.41, 5.74) is 0.956. The van der Waals surface area contributed by atoms with E-state index >= 15 is 0 Å². The number of anilines is 1. The zero-order chi connectivity index (χ0) is 15.3. The van der Waals surface area contributed by atoms with Gasteiger partial charge in [0.05, 0.1) is 5.56 Å². The summed E-state index contributed by atoms with van der Waals surface area (Å²) >= 11 is 0. The Balaban J connectivity index is 1.78. The largest absolute Gasteiger partial charge is 0.478 e. The minimum absolute atomic E-state index is 0.192. The lowest BCUT2D eigenvalue weighted by Gasteiger charge is -2.15. The third-order valence-corrected chi connectivity index (χ3v) is 3.81. The number of carbonyl (C=O) groups excluding carboxylic acids is 1. The van der Waals surface area contributed by atoms with Gasteiger partial charge >= 0.3 is 12.0 Å². The summed E-state index contributed by atoms with van der Waals surface area (Å²) in [5, 5.41) is 14.3. The number of carbonyl (C=O) groups is 2. The fraction of sp³-hybridized carbons (Fsp3) is 0.467. The lowest BCUT2D eigenvalue weighted by Crippen LogP contribution is -2.34. The van der Waals surface area contributed by atoms with E-state index in [1.165, 1.54) is 12.1 Å². The number of aromatic carboxylic acids is 1. The molecule has 0 radical (unpaired) electrons. The van der Waals surface area contributed by atoms with E-state index in [4.69, 9.17) is 9.84 Å². The molecule has 114 valence electrons. The number of urea groups is 1. The first-order chi connectivity index (χ1) is 10.0. The molecule has 21 heavy (non-hydrogen) atoms. The van der Waals surface area contributed by atoms with Crippen LogP contribution in [0.1, 0.15) is 29.6 Å². The van der Waals surface area contributed by atoms with Crippen LogP contribution in [0.3, 0.4) is 0 Å². The highest BCUT2D eigenvalue weighted by Crippen LogP contribution is 2.48. The van der Waals surface area contributed by atoms with Crippen LogP contribution in [0.25, 0.3) is 0 Å². The summed E-state index contributed by atoms with van der Waals surface area (Å²) < 4.78 is 5.07. The van der Waals surface area contributed by atoms with Gasteiger partial charge in [-0.2, -0.15) is 0 Å². The maximum Gasteiger partial charge on any atom is 0.335 e. The number of rotatable bonds is 7. The van der Waals surface area contributed by atoms with Crippen LogP contribution in [0.2, 0.25) is 0 Å². The van der Waals surface area contributed by atoms with E-state index in [0.29, 0.717) is 18.8 Å². The summed E-state index contributed by atoms with van der Waals surface area (Å²) in [6.07, 6.45) is 3.19. The molecule has 6 nitrogen and oxygen atoms in total. The van der Waals surface area contributed by atoms with Gasteiger partial charge in [-0.25, -0.2) is 9.59 Å². The molecule has 0 aliphatic heterocycles. The molecule has 1 aliphatic rings. The van der Waals surface area contributed by atoms with E-state index in [1.807, 2.05) is 0 Å².